The molecule has 0 aliphatic heterocycles. The molecule has 0 spiro atoms. The van der Waals surface area contributed by atoms with E-state index in [1.54, 1.807) is 30.3 Å². The van der Waals surface area contributed by atoms with Gasteiger partial charge < -0.3 is 9.26 Å². The summed E-state index contributed by atoms with van der Waals surface area (Å²) in [7, 11) is 0. The van der Waals surface area contributed by atoms with Crippen molar-refractivity contribution in [1.29, 1.82) is 0 Å². The van der Waals surface area contributed by atoms with Crippen LogP contribution in [0.4, 0.5) is 0 Å². The molecule has 0 fully saturated rings. The van der Waals surface area contributed by atoms with Crippen LogP contribution in [0.5, 0.6) is 0 Å². The zero-order valence-corrected chi connectivity index (χ0v) is 13.2. The van der Waals surface area contributed by atoms with Gasteiger partial charge in [-0.3, -0.25) is 0 Å². The lowest BCUT2D eigenvalue weighted by atomic mass is 10.1. The first-order chi connectivity index (χ1) is 11.1. The average molecular weight is 328 g/mol. The van der Waals surface area contributed by atoms with Crippen molar-refractivity contribution in [2.45, 2.75) is 13.5 Å². The number of hydrogen-bond acceptors (Lipinski definition) is 4. The van der Waals surface area contributed by atoms with Gasteiger partial charge in [0, 0.05) is 16.7 Å². The Hall–Kier alpha value is -2.59. The second kappa shape index (κ2) is 6.67. The molecule has 1 heterocycles. The second-order valence-corrected chi connectivity index (χ2v) is 5.57. The summed E-state index contributed by atoms with van der Waals surface area (Å²) in [5.41, 5.74) is 3.10. The highest BCUT2D eigenvalue weighted by Crippen LogP contribution is 2.21. The molecule has 116 valence electrons. The minimum absolute atomic E-state index is 0.0524. The Labute approximate surface area is 138 Å². The highest BCUT2D eigenvalue weighted by atomic mass is 35.5. The largest absolute Gasteiger partial charge is 0.455 e. The number of benzene rings is 2. The number of rotatable bonds is 4. The summed E-state index contributed by atoms with van der Waals surface area (Å²) in [5, 5.41) is 4.49. The maximum atomic E-state index is 11.9. The van der Waals surface area contributed by atoms with Gasteiger partial charge in [0.05, 0.1) is 5.56 Å². The number of esters is 1. The van der Waals surface area contributed by atoms with Crippen LogP contribution in [0.2, 0.25) is 5.02 Å². The summed E-state index contributed by atoms with van der Waals surface area (Å²) in [6.45, 7) is 2.07. The smallest absolute Gasteiger partial charge is 0.338 e. The molecule has 3 aromatic rings. The monoisotopic (exact) mass is 327 g/mol. The number of nitrogens with zero attached hydrogens (tertiary/aromatic N) is 1. The first-order valence-corrected chi connectivity index (χ1v) is 7.45. The van der Waals surface area contributed by atoms with Crippen molar-refractivity contribution in [2.24, 2.45) is 0 Å². The molecule has 3 rings (SSSR count). The third-order valence-electron chi connectivity index (χ3n) is 3.33. The van der Waals surface area contributed by atoms with Gasteiger partial charge in [-0.25, -0.2) is 4.79 Å². The van der Waals surface area contributed by atoms with Crippen molar-refractivity contribution in [1.82, 2.24) is 5.16 Å². The Bertz CT molecular complexity index is 807. The second-order valence-electron chi connectivity index (χ2n) is 5.13. The Kier molecular flexibility index (Phi) is 4.44. The highest BCUT2D eigenvalue weighted by molar-refractivity contribution is 6.30. The quantitative estimate of drug-likeness (QED) is 0.654. The van der Waals surface area contributed by atoms with Gasteiger partial charge in [-0.2, -0.15) is 0 Å². The summed E-state index contributed by atoms with van der Waals surface area (Å²) in [4.78, 5) is 11.9. The Balaban J connectivity index is 1.64. The molecule has 0 saturated carbocycles. The topological polar surface area (TPSA) is 52.3 Å². The summed E-state index contributed by atoms with van der Waals surface area (Å²) in [6.07, 6.45) is 0. The number of halogens is 1. The van der Waals surface area contributed by atoms with E-state index >= 15 is 0 Å². The van der Waals surface area contributed by atoms with Crippen molar-refractivity contribution in [3.05, 3.63) is 76.4 Å². The number of aryl methyl sites for hydroxylation is 1. The van der Waals surface area contributed by atoms with E-state index in [1.165, 1.54) is 5.56 Å². The molecule has 2 aromatic carbocycles. The van der Waals surface area contributed by atoms with Crippen LogP contribution >= 0.6 is 11.6 Å². The van der Waals surface area contributed by atoms with Gasteiger partial charge in [0.15, 0.2) is 5.76 Å². The average Bonchev–Trinajstić information content (AvgIpc) is 3.03. The molecular weight excluding hydrogens is 314 g/mol. The molecule has 0 amide bonds. The third kappa shape index (κ3) is 3.79. The van der Waals surface area contributed by atoms with Crippen molar-refractivity contribution >= 4 is 17.6 Å². The van der Waals surface area contributed by atoms with E-state index in [-0.39, 0.29) is 6.61 Å². The minimum atomic E-state index is -0.429. The van der Waals surface area contributed by atoms with E-state index in [0.29, 0.717) is 22.0 Å². The molecule has 1 aromatic heterocycles. The Morgan fingerprint density at radius 3 is 2.52 bits per heavy atom. The summed E-state index contributed by atoms with van der Waals surface area (Å²) >= 11 is 5.79. The zero-order valence-electron chi connectivity index (χ0n) is 12.5. The molecule has 0 saturated heterocycles. The molecule has 4 nitrogen and oxygen atoms in total. The molecule has 0 aliphatic carbocycles. The highest BCUT2D eigenvalue weighted by Gasteiger charge is 2.11. The van der Waals surface area contributed by atoms with Gasteiger partial charge in [-0.15, -0.1) is 0 Å². The molecule has 23 heavy (non-hydrogen) atoms. The maximum absolute atomic E-state index is 11.9. The lowest BCUT2D eigenvalue weighted by Gasteiger charge is -2.02. The Morgan fingerprint density at radius 2 is 1.83 bits per heavy atom. The minimum Gasteiger partial charge on any atom is -0.455 e. The third-order valence-corrected chi connectivity index (χ3v) is 3.58. The van der Waals surface area contributed by atoms with Gasteiger partial charge in [0.2, 0.25) is 0 Å². The van der Waals surface area contributed by atoms with E-state index in [9.17, 15) is 4.79 Å². The van der Waals surface area contributed by atoms with Crippen molar-refractivity contribution < 1.29 is 14.1 Å². The molecule has 0 bridgehead atoms. The molecular formula is C18H14ClNO3. The van der Waals surface area contributed by atoms with Crippen LogP contribution in [0.3, 0.4) is 0 Å². The summed E-state index contributed by atoms with van der Waals surface area (Å²) in [6, 6.07) is 16.2. The van der Waals surface area contributed by atoms with Crippen LogP contribution in [0.25, 0.3) is 11.3 Å². The summed E-state index contributed by atoms with van der Waals surface area (Å²) in [5.74, 6) is 0.212. The van der Waals surface area contributed by atoms with Gasteiger partial charge in [-0.1, -0.05) is 46.6 Å². The lowest BCUT2D eigenvalue weighted by molar-refractivity contribution is 0.0464. The van der Waals surface area contributed by atoms with Crippen LogP contribution < -0.4 is 0 Å². The van der Waals surface area contributed by atoms with Crippen LogP contribution in [0.15, 0.2) is 59.1 Å². The maximum Gasteiger partial charge on any atom is 0.338 e. The standard InChI is InChI=1S/C18H14ClNO3/c1-12-2-4-13(5-3-12)17-10-16(20-23-17)11-22-18(21)14-6-8-15(19)9-7-14/h2-10H,11H2,1H3. The zero-order chi connectivity index (χ0) is 16.2. The van der Waals surface area contributed by atoms with E-state index in [2.05, 4.69) is 5.16 Å². The van der Waals surface area contributed by atoms with Crippen LogP contribution in [-0.2, 0) is 11.3 Å². The van der Waals surface area contributed by atoms with E-state index in [1.807, 2.05) is 31.2 Å². The molecule has 0 N–H and O–H groups in total. The molecule has 5 heteroatoms. The van der Waals surface area contributed by atoms with E-state index in [0.717, 1.165) is 5.56 Å². The number of carbonyl (C=O) groups is 1. The fraction of sp³-hybridized carbons (Fsp3) is 0.111. The van der Waals surface area contributed by atoms with Crippen molar-refractivity contribution in [3.63, 3.8) is 0 Å². The predicted molar refractivity (Wildman–Crippen MR) is 87.2 cm³/mol. The fourth-order valence-corrected chi connectivity index (χ4v) is 2.17. The predicted octanol–water partition coefficient (Wildman–Crippen LogP) is 4.66. The van der Waals surface area contributed by atoms with Crippen LogP contribution in [0.1, 0.15) is 21.6 Å². The van der Waals surface area contributed by atoms with Gasteiger partial charge in [0.1, 0.15) is 12.3 Å². The van der Waals surface area contributed by atoms with Crippen LogP contribution in [0, 0.1) is 6.92 Å². The van der Waals surface area contributed by atoms with Crippen molar-refractivity contribution in [3.8, 4) is 11.3 Å². The Morgan fingerprint density at radius 1 is 1.13 bits per heavy atom. The molecule has 0 atom stereocenters. The molecule has 0 aliphatic rings. The first kappa shape index (κ1) is 15.3. The normalized spacial score (nSPS) is 10.5. The van der Waals surface area contributed by atoms with Crippen molar-refractivity contribution in [2.75, 3.05) is 0 Å². The number of hydrogen-bond donors (Lipinski definition) is 0. The van der Waals surface area contributed by atoms with Gasteiger partial charge in [0.25, 0.3) is 0 Å². The SMILES string of the molecule is Cc1ccc(-c2cc(COC(=O)c3ccc(Cl)cc3)no2)cc1. The first-order valence-electron chi connectivity index (χ1n) is 7.07. The molecule has 0 radical (unpaired) electrons. The number of aromatic nitrogens is 1. The van der Waals surface area contributed by atoms with Crippen LogP contribution in [-0.4, -0.2) is 11.1 Å². The fourth-order valence-electron chi connectivity index (χ4n) is 2.04. The molecule has 0 unspecified atom stereocenters. The summed E-state index contributed by atoms with van der Waals surface area (Å²) < 4.78 is 10.5. The van der Waals surface area contributed by atoms with Gasteiger partial charge in [-0.05, 0) is 31.2 Å². The number of ether oxygens (including phenoxy) is 1. The lowest BCUT2D eigenvalue weighted by Crippen LogP contribution is -2.05. The number of carbonyl (C=O) groups excluding carboxylic acids is 1. The van der Waals surface area contributed by atoms with E-state index in [4.69, 9.17) is 20.9 Å². The van der Waals surface area contributed by atoms with Gasteiger partial charge >= 0.3 is 5.97 Å². The van der Waals surface area contributed by atoms with E-state index < -0.39 is 5.97 Å².